The first-order valence-electron chi connectivity index (χ1n) is 8.84. The van der Waals surface area contributed by atoms with Gasteiger partial charge in [0.15, 0.2) is 0 Å². The highest BCUT2D eigenvalue weighted by Crippen LogP contribution is 2.22. The fourth-order valence-corrected chi connectivity index (χ4v) is 2.96. The van der Waals surface area contributed by atoms with Gasteiger partial charge in [0.1, 0.15) is 23.0 Å². The first-order chi connectivity index (χ1) is 13.9. The highest BCUT2D eigenvalue weighted by Gasteiger charge is 2.12. The number of pyridine rings is 2. The van der Waals surface area contributed by atoms with Crippen LogP contribution < -0.4 is 11.1 Å². The number of phenolic OH excluding ortho intramolecular Hbond substituents is 1. The SMILES string of the molecule is Nc1cccc(CNC(=O)c2cc(CC(=O)Cc3cc(Cl)ccc3O)ccn2)n1. The van der Waals surface area contributed by atoms with Crippen molar-refractivity contribution in [1.82, 2.24) is 15.3 Å². The Morgan fingerprint density at radius 1 is 1.10 bits per heavy atom. The van der Waals surface area contributed by atoms with Crippen molar-refractivity contribution in [2.75, 3.05) is 5.73 Å². The van der Waals surface area contributed by atoms with Gasteiger partial charge in [-0.1, -0.05) is 17.7 Å². The number of rotatable bonds is 7. The summed E-state index contributed by atoms with van der Waals surface area (Å²) in [7, 11) is 0. The first-order valence-corrected chi connectivity index (χ1v) is 9.22. The zero-order valence-corrected chi connectivity index (χ0v) is 16.2. The van der Waals surface area contributed by atoms with Crippen LogP contribution in [-0.4, -0.2) is 26.8 Å². The van der Waals surface area contributed by atoms with Crippen LogP contribution in [0.15, 0.2) is 54.7 Å². The van der Waals surface area contributed by atoms with Crippen molar-refractivity contribution in [3.63, 3.8) is 0 Å². The molecule has 0 spiro atoms. The molecule has 0 bridgehead atoms. The quantitative estimate of drug-likeness (QED) is 0.551. The number of phenols is 1. The molecule has 8 heteroatoms. The van der Waals surface area contributed by atoms with Crippen molar-refractivity contribution in [3.05, 3.63) is 82.3 Å². The minimum atomic E-state index is -0.379. The molecule has 0 aliphatic rings. The summed E-state index contributed by atoms with van der Waals surface area (Å²) in [5.41, 5.74) is 7.57. The molecule has 2 heterocycles. The van der Waals surface area contributed by atoms with Crippen molar-refractivity contribution in [2.45, 2.75) is 19.4 Å². The van der Waals surface area contributed by atoms with Gasteiger partial charge in [0.25, 0.3) is 5.91 Å². The lowest BCUT2D eigenvalue weighted by Crippen LogP contribution is -2.24. The molecular formula is C21H19ClN4O3. The summed E-state index contributed by atoms with van der Waals surface area (Å²) in [5, 5.41) is 13.0. The van der Waals surface area contributed by atoms with E-state index in [1.807, 2.05) is 0 Å². The maximum Gasteiger partial charge on any atom is 0.270 e. The Morgan fingerprint density at radius 3 is 2.72 bits per heavy atom. The van der Waals surface area contributed by atoms with Crippen LogP contribution in [0, 0.1) is 0 Å². The Balaban J connectivity index is 1.61. The predicted octanol–water partition coefficient (Wildman–Crippen LogP) is 2.70. The fourth-order valence-electron chi connectivity index (χ4n) is 2.76. The number of nitrogen functional groups attached to an aromatic ring is 1. The van der Waals surface area contributed by atoms with Gasteiger partial charge in [-0.2, -0.15) is 0 Å². The second-order valence-corrected chi connectivity index (χ2v) is 6.89. The van der Waals surface area contributed by atoms with Gasteiger partial charge < -0.3 is 16.2 Å². The molecule has 0 atom stereocenters. The molecule has 0 aliphatic heterocycles. The number of anilines is 1. The van der Waals surface area contributed by atoms with E-state index in [9.17, 15) is 14.7 Å². The second-order valence-electron chi connectivity index (χ2n) is 6.45. The minimum absolute atomic E-state index is 0.0210. The van der Waals surface area contributed by atoms with E-state index in [0.717, 1.165) is 0 Å². The minimum Gasteiger partial charge on any atom is -0.508 e. The van der Waals surface area contributed by atoms with Gasteiger partial charge in [0.2, 0.25) is 0 Å². The van der Waals surface area contributed by atoms with Gasteiger partial charge in [-0.15, -0.1) is 0 Å². The van der Waals surface area contributed by atoms with E-state index in [0.29, 0.717) is 27.7 Å². The van der Waals surface area contributed by atoms with Crippen LogP contribution in [0.3, 0.4) is 0 Å². The van der Waals surface area contributed by atoms with Crippen LogP contribution in [0.2, 0.25) is 5.02 Å². The van der Waals surface area contributed by atoms with E-state index < -0.39 is 0 Å². The highest BCUT2D eigenvalue weighted by atomic mass is 35.5. The molecule has 0 unspecified atom stereocenters. The van der Waals surface area contributed by atoms with Crippen LogP contribution >= 0.6 is 11.6 Å². The van der Waals surface area contributed by atoms with Crippen molar-refractivity contribution in [1.29, 1.82) is 0 Å². The van der Waals surface area contributed by atoms with Gasteiger partial charge in [0, 0.05) is 29.6 Å². The van der Waals surface area contributed by atoms with Crippen LogP contribution in [-0.2, 0) is 24.2 Å². The first kappa shape index (κ1) is 20.3. The number of nitrogens with one attached hydrogen (secondary N) is 1. The van der Waals surface area contributed by atoms with Crippen LogP contribution in [0.1, 0.15) is 27.3 Å². The van der Waals surface area contributed by atoms with Crippen LogP contribution in [0.4, 0.5) is 5.82 Å². The van der Waals surface area contributed by atoms with Gasteiger partial charge in [-0.05, 0) is 48.0 Å². The van der Waals surface area contributed by atoms with Crippen molar-refractivity contribution in [3.8, 4) is 5.75 Å². The lowest BCUT2D eigenvalue weighted by atomic mass is 10.0. The molecular weight excluding hydrogens is 392 g/mol. The Kier molecular flexibility index (Phi) is 6.41. The number of ketones is 1. The number of nitrogens with zero attached hydrogens (tertiary/aromatic N) is 2. The van der Waals surface area contributed by atoms with E-state index in [-0.39, 0.29) is 42.5 Å². The summed E-state index contributed by atoms with van der Waals surface area (Å²) in [6.45, 7) is 0.211. The maximum absolute atomic E-state index is 12.4. The zero-order chi connectivity index (χ0) is 20.8. The average Bonchev–Trinajstić information content (AvgIpc) is 2.69. The third kappa shape index (κ3) is 5.76. The van der Waals surface area contributed by atoms with Crippen molar-refractivity contribution >= 4 is 29.1 Å². The Labute approximate surface area is 172 Å². The summed E-state index contributed by atoms with van der Waals surface area (Å²) >= 11 is 5.91. The Bertz CT molecular complexity index is 1060. The zero-order valence-electron chi connectivity index (χ0n) is 15.4. The fraction of sp³-hybridized carbons (Fsp3) is 0.143. The van der Waals surface area contributed by atoms with Crippen molar-refractivity contribution in [2.24, 2.45) is 0 Å². The molecule has 1 aromatic carbocycles. The van der Waals surface area contributed by atoms with Crippen molar-refractivity contribution < 1.29 is 14.7 Å². The van der Waals surface area contributed by atoms with E-state index in [2.05, 4.69) is 15.3 Å². The standard InChI is InChI=1S/C21H19ClN4O3/c22-15-4-5-19(28)14(10-15)11-17(27)8-13-6-7-24-18(9-13)21(29)25-12-16-2-1-3-20(23)26-16/h1-7,9-10,28H,8,11-12H2,(H2,23,26)(H,25,29). The van der Waals surface area contributed by atoms with E-state index >= 15 is 0 Å². The molecule has 7 nitrogen and oxygen atoms in total. The number of carbonyl (C=O) groups is 2. The summed E-state index contributed by atoms with van der Waals surface area (Å²) < 4.78 is 0. The number of nitrogens with two attached hydrogens (primary N) is 1. The molecule has 4 N–H and O–H groups in total. The molecule has 3 rings (SSSR count). The largest absolute Gasteiger partial charge is 0.508 e. The average molecular weight is 411 g/mol. The topological polar surface area (TPSA) is 118 Å². The van der Waals surface area contributed by atoms with E-state index in [1.54, 1.807) is 42.5 Å². The number of aromatic nitrogens is 2. The molecule has 29 heavy (non-hydrogen) atoms. The molecule has 0 saturated heterocycles. The number of hydrogen-bond acceptors (Lipinski definition) is 6. The maximum atomic E-state index is 12.4. The number of amides is 1. The van der Waals surface area contributed by atoms with Gasteiger partial charge in [-0.25, -0.2) is 4.98 Å². The number of aromatic hydroxyl groups is 1. The number of Topliss-reactive ketones (excluding diaryl/α,β-unsaturated/α-hetero) is 1. The third-order valence-electron chi connectivity index (χ3n) is 4.15. The van der Waals surface area contributed by atoms with Gasteiger partial charge >= 0.3 is 0 Å². The normalized spacial score (nSPS) is 10.5. The molecule has 0 radical (unpaired) electrons. The summed E-state index contributed by atoms with van der Waals surface area (Å²) in [6, 6.07) is 13.0. The highest BCUT2D eigenvalue weighted by molar-refractivity contribution is 6.30. The number of halogens is 1. The Hall–Kier alpha value is -3.45. The van der Waals surface area contributed by atoms with Crippen LogP contribution in [0.5, 0.6) is 5.75 Å². The molecule has 3 aromatic rings. The third-order valence-corrected chi connectivity index (χ3v) is 4.38. The second kappa shape index (κ2) is 9.16. The van der Waals surface area contributed by atoms with Gasteiger partial charge in [-0.3, -0.25) is 14.6 Å². The molecule has 0 saturated carbocycles. The number of hydrogen-bond donors (Lipinski definition) is 3. The molecule has 2 aromatic heterocycles. The monoisotopic (exact) mass is 410 g/mol. The van der Waals surface area contributed by atoms with E-state index in [1.165, 1.54) is 12.3 Å². The van der Waals surface area contributed by atoms with Gasteiger partial charge in [0.05, 0.1) is 12.2 Å². The summed E-state index contributed by atoms with van der Waals surface area (Å²) in [6.07, 6.45) is 1.62. The molecule has 0 fully saturated rings. The lowest BCUT2D eigenvalue weighted by molar-refractivity contribution is -0.117. The number of benzene rings is 1. The summed E-state index contributed by atoms with van der Waals surface area (Å²) in [4.78, 5) is 32.9. The number of carbonyl (C=O) groups excluding carboxylic acids is 2. The molecule has 148 valence electrons. The van der Waals surface area contributed by atoms with Crippen LogP contribution in [0.25, 0.3) is 0 Å². The lowest BCUT2D eigenvalue weighted by Gasteiger charge is -2.07. The predicted molar refractivity (Wildman–Crippen MR) is 110 cm³/mol. The smallest absolute Gasteiger partial charge is 0.270 e. The van der Waals surface area contributed by atoms with E-state index in [4.69, 9.17) is 17.3 Å². The molecule has 0 aliphatic carbocycles. The Morgan fingerprint density at radius 2 is 1.93 bits per heavy atom. The summed E-state index contributed by atoms with van der Waals surface area (Å²) in [5.74, 6) is -0.103. The molecule has 1 amide bonds.